The molecule has 0 fully saturated rings. The molecule has 3 N–H and O–H groups in total. The Hall–Kier alpha value is -2.82. The van der Waals surface area contributed by atoms with Gasteiger partial charge in [-0.1, -0.05) is 31.1 Å². The maximum absolute atomic E-state index is 12.4. The molecule has 1 amide bonds. The maximum Gasteiger partial charge on any atom is 0.251 e. The second kappa shape index (κ2) is 13.7. The van der Waals surface area contributed by atoms with Crippen LogP contribution in [0.15, 0.2) is 62.7 Å². The molecular weight excluding hydrogens is 533 g/mol. The summed E-state index contributed by atoms with van der Waals surface area (Å²) in [5, 5.41) is 13.5. The molecule has 1 aromatic carbocycles. The van der Waals surface area contributed by atoms with Gasteiger partial charge in [-0.05, 0) is 42.7 Å². The van der Waals surface area contributed by atoms with E-state index in [9.17, 15) is 4.79 Å². The molecule has 178 valence electrons. The Kier molecular flexibility index (Phi) is 10.9. The Bertz CT molecular complexity index is 1010. The molecule has 0 unspecified atom stereocenters. The molecule has 0 saturated carbocycles. The number of aromatic nitrogens is 1. The summed E-state index contributed by atoms with van der Waals surface area (Å²) in [5.74, 6) is 2.39. The summed E-state index contributed by atoms with van der Waals surface area (Å²) in [6.45, 7) is 5.68. The zero-order valence-corrected chi connectivity index (χ0v) is 21.6. The van der Waals surface area contributed by atoms with Crippen LogP contribution >= 0.6 is 24.0 Å². The molecule has 0 aliphatic carbocycles. The van der Waals surface area contributed by atoms with Crippen LogP contribution in [0.1, 0.15) is 65.7 Å². The van der Waals surface area contributed by atoms with Gasteiger partial charge >= 0.3 is 0 Å². The Balaban J connectivity index is 0.00000385. The standard InChI is InChI=1S/C24H31N5O3.HI/c1-4-18(5-2)22-13-21(32-29-22)16-28-24(25-3)27-14-17-8-6-9-19(12-17)23(30)26-15-20-10-7-11-31-20;/h6-13,18H,4-5,14-16H2,1-3H3,(H,26,30)(H2,25,27,28);1H. The molecular formula is C24H32IN5O3. The summed E-state index contributed by atoms with van der Waals surface area (Å²) >= 11 is 0. The monoisotopic (exact) mass is 565 g/mol. The lowest BCUT2D eigenvalue weighted by Gasteiger charge is -2.11. The lowest BCUT2D eigenvalue weighted by Crippen LogP contribution is -2.36. The highest BCUT2D eigenvalue weighted by Crippen LogP contribution is 2.22. The van der Waals surface area contributed by atoms with Crippen molar-refractivity contribution < 1.29 is 13.7 Å². The van der Waals surface area contributed by atoms with E-state index >= 15 is 0 Å². The third-order valence-electron chi connectivity index (χ3n) is 5.29. The van der Waals surface area contributed by atoms with E-state index in [1.54, 1.807) is 25.4 Å². The third kappa shape index (κ3) is 7.92. The van der Waals surface area contributed by atoms with Crippen molar-refractivity contribution >= 4 is 35.8 Å². The average molecular weight is 565 g/mol. The van der Waals surface area contributed by atoms with Crippen molar-refractivity contribution in [3.05, 3.63) is 77.1 Å². The molecule has 33 heavy (non-hydrogen) atoms. The predicted octanol–water partition coefficient (Wildman–Crippen LogP) is 4.58. The van der Waals surface area contributed by atoms with Gasteiger partial charge in [-0.15, -0.1) is 24.0 Å². The number of carbonyl (C=O) groups is 1. The number of rotatable bonds is 10. The normalized spacial score (nSPS) is 11.2. The van der Waals surface area contributed by atoms with Crippen LogP contribution in [-0.4, -0.2) is 24.1 Å². The second-order valence-corrected chi connectivity index (χ2v) is 7.47. The van der Waals surface area contributed by atoms with Crippen molar-refractivity contribution in [3.63, 3.8) is 0 Å². The number of halogens is 1. The highest BCUT2D eigenvalue weighted by molar-refractivity contribution is 14.0. The molecule has 2 heterocycles. The van der Waals surface area contributed by atoms with E-state index in [1.165, 1.54) is 0 Å². The Morgan fingerprint density at radius 3 is 2.45 bits per heavy atom. The first-order valence-corrected chi connectivity index (χ1v) is 10.9. The van der Waals surface area contributed by atoms with Crippen LogP contribution in [0, 0.1) is 0 Å². The SMILES string of the molecule is CCC(CC)c1cc(CNC(=NC)NCc2cccc(C(=O)NCc3ccco3)c2)on1.I. The van der Waals surface area contributed by atoms with E-state index in [2.05, 4.69) is 39.9 Å². The van der Waals surface area contributed by atoms with E-state index in [-0.39, 0.29) is 29.9 Å². The molecule has 0 spiro atoms. The number of nitrogens with zero attached hydrogens (tertiary/aromatic N) is 2. The van der Waals surface area contributed by atoms with Gasteiger partial charge in [0.05, 0.1) is 25.0 Å². The van der Waals surface area contributed by atoms with Crippen LogP contribution in [0.25, 0.3) is 0 Å². The van der Waals surface area contributed by atoms with Crippen molar-refractivity contribution in [3.8, 4) is 0 Å². The fourth-order valence-corrected chi connectivity index (χ4v) is 3.39. The fourth-order valence-electron chi connectivity index (χ4n) is 3.39. The fraction of sp³-hybridized carbons (Fsp3) is 0.375. The number of amides is 1. The number of carbonyl (C=O) groups excluding carboxylic acids is 1. The van der Waals surface area contributed by atoms with Gasteiger partial charge in [0.25, 0.3) is 5.91 Å². The van der Waals surface area contributed by atoms with E-state index in [1.807, 2.05) is 30.3 Å². The van der Waals surface area contributed by atoms with Gasteiger partial charge in [0.15, 0.2) is 11.7 Å². The predicted molar refractivity (Wildman–Crippen MR) is 139 cm³/mol. The van der Waals surface area contributed by atoms with E-state index < -0.39 is 0 Å². The summed E-state index contributed by atoms with van der Waals surface area (Å²) in [6, 6.07) is 13.1. The highest BCUT2D eigenvalue weighted by atomic mass is 127. The van der Waals surface area contributed by atoms with Gasteiger partial charge in [-0.2, -0.15) is 0 Å². The molecule has 3 rings (SSSR count). The van der Waals surface area contributed by atoms with Crippen molar-refractivity contribution in [2.75, 3.05) is 7.05 Å². The van der Waals surface area contributed by atoms with Crippen molar-refractivity contribution in [1.29, 1.82) is 0 Å². The van der Waals surface area contributed by atoms with Crippen molar-refractivity contribution in [2.45, 2.75) is 52.2 Å². The van der Waals surface area contributed by atoms with E-state index in [0.717, 1.165) is 29.9 Å². The summed E-state index contributed by atoms with van der Waals surface area (Å²) in [5.41, 5.74) is 2.56. The lowest BCUT2D eigenvalue weighted by molar-refractivity contribution is 0.0948. The Morgan fingerprint density at radius 2 is 1.76 bits per heavy atom. The molecule has 0 bridgehead atoms. The van der Waals surface area contributed by atoms with Gasteiger partial charge < -0.3 is 24.9 Å². The van der Waals surface area contributed by atoms with Gasteiger partial charge in [0.2, 0.25) is 0 Å². The number of benzene rings is 1. The van der Waals surface area contributed by atoms with Crippen molar-refractivity contribution in [1.82, 2.24) is 21.1 Å². The molecule has 3 aromatic rings. The van der Waals surface area contributed by atoms with Crippen LogP contribution in [0.5, 0.6) is 0 Å². The zero-order valence-electron chi connectivity index (χ0n) is 19.3. The molecule has 0 saturated heterocycles. The quantitative estimate of drug-likeness (QED) is 0.189. The molecule has 0 aliphatic heterocycles. The second-order valence-electron chi connectivity index (χ2n) is 7.47. The van der Waals surface area contributed by atoms with Crippen LogP contribution in [0.3, 0.4) is 0 Å². The van der Waals surface area contributed by atoms with E-state index in [4.69, 9.17) is 8.94 Å². The lowest BCUT2D eigenvalue weighted by atomic mass is 9.99. The minimum Gasteiger partial charge on any atom is -0.467 e. The topological polar surface area (TPSA) is 105 Å². The van der Waals surface area contributed by atoms with E-state index in [0.29, 0.717) is 42.8 Å². The molecule has 0 atom stereocenters. The third-order valence-corrected chi connectivity index (χ3v) is 5.29. The molecule has 8 nitrogen and oxygen atoms in total. The Morgan fingerprint density at radius 1 is 1.00 bits per heavy atom. The highest BCUT2D eigenvalue weighted by Gasteiger charge is 2.13. The van der Waals surface area contributed by atoms with Gasteiger partial charge in [0.1, 0.15) is 5.76 Å². The summed E-state index contributed by atoms with van der Waals surface area (Å²) in [6.07, 6.45) is 3.67. The van der Waals surface area contributed by atoms with Gasteiger partial charge in [0, 0.05) is 31.1 Å². The Labute approximate surface area is 211 Å². The van der Waals surface area contributed by atoms with Crippen LogP contribution in [-0.2, 0) is 19.6 Å². The maximum atomic E-state index is 12.4. The number of guanidine groups is 1. The average Bonchev–Trinajstić information content (AvgIpc) is 3.51. The first-order valence-electron chi connectivity index (χ1n) is 10.9. The van der Waals surface area contributed by atoms with Crippen LogP contribution < -0.4 is 16.0 Å². The minimum absolute atomic E-state index is 0. The zero-order chi connectivity index (χ0) is 22.8. The first kappa shape index (κ1) is 26.4. The first-order chi connectivity index (χ1) is 15.6. The molecule has 9 heteroatoms. The van der Waals surface area contributed by atoms with Gasteiger partial charge in [-0.25, -0.2) is 0 Å². The summed E-state index contributed by atoms with van der Waals surface area (Å²) in [4.78, 5) is 16.7. The number of aliphatic imine (C=N–C) groups is 1. The number of hydrogen-bond acceptors (Lipinski definition) is 5. The summed E-state index contributed by atoms with van der Waals surface area (Å²) < 4.78 is 10.7. The number of furan rings is 1. The molecule has 0 radical (unpaired) electrons. The smallest absolute Gasteiger partial charge is 0.251 e. The molecule has 2 aromatic heterocycles. The largest absolute Gasteiger partial charge is 0.467 e. The van der Waals surface area contributed by atoms with Crippen LogP contribution in [0.4, 0.5) is 0 Å². The molecule has 0 aliphatic rings. The van der Waals surface area contributed by atoms with Crippen LogP contribution in [0.2, 0.25) is 0 Å². The number of hydrogen-bond donors (Lipinski definition) is 3. The number of nitrogens with one attached hydrogen (secondary N) is 3. The summed E-state index contributed by atoms with van der Waals surface area (Å²) in [7, 11) is 1.71. The van der Waals surface area contributed by atoms with Gasteiger partial charge in [-0.3, -0.25) is 9.79 Å². The minimum atomic E-state index is -0.149. The van der Waals surface area contributed by atoms with Crippen molar-refractivity contribution in [2.24, 2.45) is 4.99 Å².